The molecule has 1 unspecified atom stereocenters. The summed E-state index contributed by atoms with van der Waals surface area (Å²) in [5, 5.41) is 10.9. The Labute approximate surface area is 109 Å². The third-order valence-electron chi connectivity index (χ3n) is 3.54. The van der Waals surface area contributed by atoms with E-state index < -0.39 is 0 Å². The molecule has 1 N–H and O–H groups in total. The topological polar surface area (TPSA) is 20.2 Å². The van der Waals surface area contributed by atoms with Gasteiger partial charge in [0.05, 0.1) is 6.10 Å². The molecule has 1 fully saturated rings. The van der Waals surface area contributed by atoms with Crippen LogP contribution in [0.2, 0.25) is 0 Å². The van der Waals surface area contributed by atoms with Gasteiger partial charge in [-0.05, 0) is 37.3 Å². The van der Waals surface area contributed by atoms with Crippen molar-refractivity contribution < 1.29 is 5.11 Å². The van der Waals surface area contributed by atoms with Gasteiger partial charge < -0.3 is 5.11 Å². The van der Waals surface area contributed by atoms with E-state index in [4.69, 9.17) is 0 Å². The predicted octanol–water partition coefficient (Wildman–Crippen LogP) is 3.57. The second-order valence-corrected chi connectivity index (χ2v) is 6.36. The van der Waals surface area contributed by atoms with Gasteiger partial charge in [-0.1, -0.05) is 37.1 Å². The summed E-state index contributed by atoms with van der Waals surface area (Å²) in [6, 6.07) is 8.35. The van der Waals surface area contributed by atoms with Crippen molar-refractivity contribution in [1.82, 2.24) is 0 Å². The standard InChI is InChI=1S/C15H22OS/c1-12-6-2-3-7-13(12)10-14(16)11-17-15-8-4-5-9-15/h2-3,6-7,14-16H,4-5,8-11H2,1H3. The van der Waals surface area contributed by atoms with Crippen molar-refractivity contribution in [3.8, 4) is 0 Å². The maximum Gasteiger partial charge on any atom is 0.0671 e. The summed E-state index contributed by atoms with van der Waals surface area (Å²) in [4.78, 5) is 0. The molecule has 1 nitrogen and oxygen atoms in total. The van der Waals surface area contributed by atoms with E-state index in [0.717, 1.165) is 17.4 Å². The van der Waals surface area contributed by atoms with E-state index >= 15 is 0 Å². The number of hydrogen-bond acceptors (Lipinski definition) is 2. The molecule has 1 atom stereocenters. The average Bonchev–Trinajstić information content (AvgIpc) is 2.82. The van der Waals surface area contributed by atoms with Crippen LogP contribution in [0.25, 0.3) is 0 Å². The Kier molecular flexibility index (Phi) is 4.93. The molecule has 0 aromatic heterocycles. The SMILES string of the molecule is Cc1ccccc1CC(O)CSC1CCCC1. The van der Waals surface area contributed by atoms with E-state index in [2.05, 4.69) is 31.2 Å². The maximum atomic E-state index is 10.1. The van der Waals surface area contributed by atoms with Gasteiger partial charge in [-0.2, -0.15) is 11.8 Å². The summed E-state index contributed by atoms with van der Waals surface area (Å²) in [6.07, 6.45) is 6.06. The molecule has 2 rings (SSSR count). The Bertz CT molecular complexity index is 345. The average molecular weight is 250 g/mol. The lowest BCUT2D eigenvalue weighted by Gasteiger charge is -2.14. The minimum absolute atomic E-state index is 0.193. The Morgan fingerprint density at radius 2 is 2.00 bits per heavy atom. The molecule has 0 bridgehead atoms. The maximum absolute atomic E-state index is 10.1. The van der Waals surface area contributed by atoms with Gasteiger partial charge >= 0.3 is 0 Å². The first-order valence-corrected chi connectivity index (χ1v) is 7.65. The van der Waals surface area contributed by atoms with Gasteiger partial charge in [-0.15, -0.1) is 0 Å². The number of thioether (sulfide) groups is 1. The van der Waals surface area contributed by atoms with Crippen LogP contribution in [-0.2, 0) is 6.42 Å². The lowest BCUT2D eigenvalue weighted by atomic mass is 10.0. The molecule has 0 radical (unpaired) electrons. The molecule has 1 saturated carbocycles. The normalized spacial score (nSPS) is 18.5. The number of aryl methyl sites for hydroxylation is 1. The molecule has 1 aromatic carbocycles. The van der Waals surface area contributed by atoms with E-state index in [1.807, 2.05) is 11.8 Å². The Balaban J connectivity index is 1.76. The summed E-state index contributed by atoms with van der Waals surface area (Å²) in [7, 11) is 0. The van der Waals surface area contributed by atoms with Crippen molar-refractivity contribution >= 4 is 11.8 Å². The van der Waals surface area contributed by atoms with Crippen LogP contribution < -0.4 is 0 Å². The summed E-state index contributed by atoms with van der Waals surface area (Å²) >= 11 is 1.97. The molecular weight excluding hydrogens is 228 g/mol. The van der Waals surface area contributed by atoms with Crippen molar-refractivity contribution in [2.45, 2.75) is 50.4 Å². The zero-order valence-electron chi connectivity index (χ0n) is 10.6. The van der Waals surface area contributed by atoms with Crippen LogP contribution in [-0.4, -0.2) is 22.2 Å². The van der Waals surface area contributed by atoms with Crippen LogP contribution >= 0.6 is 11.8 Å². The van der Waals surface area contributed by atoms with Gasteiger partial charge in [0.1, 0.15) is 0 Å². The molecule has 1 aliphatic carbocycles. The molecule has 94 valence electrons. The number of hydrogen-bond donors (Lipinski definition) is 1. The fraction of sp³-hybridized carbons (Fsp3) is 0.600. The quantitative estimate of drug-likeness (QED) is 0.862. The van der Waals surface area contributed by atoms with Gasteiger partial charge in [-0.3, -0.25) is 0 Å². The highest BCUT2D eigenvalue weighted by atomic mass is 32.2. The first-order chi connectivity index (χ1) is 8.25. The van der Waals surface area contributed by atoms with Crippen LogP contribution in [0.15, 0.2) is 24.3 Å². The third-order valence-corrected chi connectivity index (χ3v) is 5.06. The van der Waals surface area contributed by atoms with Crippen molar-refractivity contribution in [3.63, 3.8) is 0 Å². The predicted molar refractivity (Wildman–Crippen MR) is 75.6 cm³/mol. The molecule has 0 aliphatic heterocycles. The zero-order chi connectivity index (χ0) is 12.1. The van der Waals surface area contributed by atoms with Gasteiger partial charge in [0, 0.05) is 11.0 Å². The van der Waals surface area contributed by atoms with Crippen LogP contribution in [0.4, 0.5) is 0 Å². The smallest absolute Gasteiger partial charge is 0.0671 e. The highest BCUT2D eigenvalue weighted by Crippen LogP contribution is 2.30. The highest BCUT2D eigenvalue weighted by Gasteiger charge is 2.17. The first kappa shape index (κ1) is 13.0. The van der Waals surface area contributed by atoms with Crippen LogP contribution in [0.1, 0.15) is 36.8 Å². The second-order valence-electron chi connectivity index (χ2n) is 5.02. The van der Waals surface area contributed by atoms with Gasteiger partial charge in [0.15, 0.2) is 0 Å². The molecule has 1 aliphatic rings. The molecular formula is C15H22OS. The monoisotopic (exact) mass is 250 g/mol. The lowest BCUT2D eigenvalue weighted by molar-refractivity contribution is 0.200. The van der Waals surface area contributed by atoms with E-state index in [1.165, 1.54) is 36.8 Å². The van der Waals surface area contributed by atoms with E-state index in [-0.39, 0.29) is 6.10 Å². The lowest BCUT2D eigenvalue weighted by Crippen LogP contribution is -2.16. The van der Waals surface area contributed by atoms with Crippen LogP contribution in [0.5, 0.6) is 0 Å². The number of rotatable bonds is 5. The summed E-state index contributed by atoms with van der Waals surface area (Å²) in [6.45, 7) is 2.12. The van der Waals surface area contributed by atoms with Gasteiger partial charge in [-0.25, -0.2) is 0 Å². The van der Waals surface area contributed by atoms with Crippen molar-refractivity contribution in [2.75, 3.05) is 5.75 Å². The minimum Gasteiger partial charge on any atom is -0.392 e. The number of benzene rings is 1. The molecule has 2 heteroatoms. The van der Waals surface area contributed by atoms with E-state index in [9.17, 15) is 5.11 Å². The minimum atomic E-state index is -0.193. The van der Waals surface area contributed by atoms with Crippen molar-refractivity contribution in [2.24, 2.45) is 0 Å². The molecule has 0 amide bonds. The fourth-order valence-corrected chi connectivity index (χ4v) is 3.73. The molecule has 1 aromatic rings. The van der Waals surface area contributed by atoms with E-state index in [0.29, 0.717) is 0 Å². The number of aliphatic hydroxyl groups excluding tert-OH is 1. The second kappa shape index (κ2) is 6.46. The fourth-order valence-electron chi connectivity index (χ4n) is 2.45. The van der Waals surface area contributed by atoms with Crippen molar-refractivity contribution in [1.29, 1.82) is 0 Å². The van der Waals surface area contributed by atoms with E-state index in [1.54, 1.807) is 0 Å². The molecule has 0 heterocycles. The summed E-state index contributed by atoms with van der Waals surface area (Å²) in [5.41, 5.74) is 2.57. The Morgan fingerprint density at radius 3 is 2.71 bits per heavy atom. The molecule has 0 saturated heterocycles. The Morgan fingerprint density at radius 1 is 1.29 bits per heavy atom. The molecule has 0 spiro atoms. The first-order valence-electron chi connectivity index (χ1n) is 6.60. The van der Waals surface area contributed by atoms with Crippen molar-refractivity contribution in [3.05, 3.63) is 35.4 Å². The summed E-state index contributed by atoms with van der Waals surface area (Å²) < 4.78 is 0. The van der Waals surface area contributed by atoms with Gasteiger partial charge in [0.25, 0.3) is 0 Å². The van der Waals surface area contributed by atoms with Gasteiger partial charge in [0.2, 0.25) is 0 Å². The molecule has 17 heavy (non-hydrogen) atoms. The largest absolute Gasteiger partial charge is 0.392 e. The zero-order valence-corrected chi connectivity index (χ0v) is 11.4. The Hall–Kier alpha value is -0.470. The summed E-state index contributed by atoms with van der Waals surface area (Å²) in [5.74, 6) is 0.888. The van der Waals surface area contributed by atoms with Crippen LogP contribution in [0, 0.1) is 6.92 Å². The number of aliphatic hydroxyl groups is 1. The highest BCUT2D eigenvalue weighted by molar-refractivity contribution is 7.99. The third kappa shape index (κ3) is 4.04. The van der Waals surface area contributed by atoms with Crippen LogP contribution in [0.3, 0.4) is 0 Å².